The van der Waals surface area contributed by atoms with Gasteiger partial charge in [-0.05, 0) is 55.5 Å². The van der Waals surface area contributed by atoms with E-state index >= 15 is 0 Å². The number of benzene rings is 1. The van der Waals surface area contributed by atoms with Crippen molar-refractivity contribution in [3.63, 3.8) is 0 Å². The molecule has 1 N–H and O–H groups in total. The first kappa shape index (κ1) is 22.6. The Labute approximate surface area is 201 Å². The minimum atomic E-state index is -3.53. The maximum atomic E-state index is 13.5. The molecule has 10 heteroatoms. The predicted octanol–water partition coefficient (Wildman–Crippen LogP) is 4.09. The number of likely N-dealkylation sites (tertiary alicyclic amines) is 1. The van der Waals surface area contributed by atoms with Gasteiger partial charge in [0.25, 0.3) is 5.91 Å². The number of carbonyl (C=O) groups excluding carboxylic acids is 1. The largest absolute Gasteiger partial charge is 0.460 e. The van der Waals surface area contributed by atoms with E-state index in [4.69, 9.17) is 4.42 Å². The zero-order chi connectivity index (χ0) is 23.7. The van der Waals surface area contributed by atoms with Gasteiger partial charge in [0.1, 0.15) is 15.7 Å². The minimum absolute atomic E-state index is 0.147. The summed E-state index contributed by atoms with van der Waals surface area (Å²) in [7, 11) is -3.53. The van der Waals surface area contributed by atoms with Crippen LogP contribution in [0.25, 0.3) is 17.1 Å². The zero-order valence-electron chi connectivity index (χ0n) is 18.5. The van der Waals surface area contributed by atoms with Crippen LogP contribution in [0.3, 0.4) is 0 Å². The molecular formula is C24H24N4O4S2. The Balaban J connectivity index is 1.35. The highest BCUT2D eigenvalue weighted by Crippen LogP contribution is 2.28. The van der Waals surface area contributed by atoms with Crippen molar-refractivity contribution < 1.29 is 17.6 Å². The van der Waals surface area contributed by atoms with Gasteiger partial charge >= 0.3 is 0 Å². The summed E-state index contributed by atoms with van der Waals surface area (Å²) in [5.74, 6) is 1.13. The van der Waals surface area contributed by atoms with Gasteiger partial charge in [-0.15, -0.1) is 11.3 Å². The standard InChI is InChI=1S/C24H24N4O4S2/c1-17-9-10-21(32-17)23-20(16-28(25-23)19-6-3-2-4-7-19)24(29)27-13-11-18(12-14-27)26-34(30,31)22-8-5-15-33-22/h2-10,15-16,18,26H,11-14H2,1H3. The highest BCUT2D eigenvalue weighted by molar-refractivity contribution is 7.91. The SMILES string of the molecule is Cc1ccc(-c2nn(-c3ccccc3)cc2C(=O)N2CCC(NS(=O)(=O)c3cccs3)CC2)o1. The first-order chi connectivity index (χ1) is 16.4. The topological polar surface area (TPSA) is 97.4 Å². The Bertz CT molecular complexity index is 1380. The molecule has 0 saturated carbocycles. The fraction of sp³-hybridized carbons (Fsp3) is 0.250. The van der Waals surface area contributed by atoms with E-state index in [2.05, 4.69) is 9.82 Å². The molecule has 4 heterocycles. The summed E-state index contributed by atoms with van der Waals surface area (Å²) in [5, 5.41) is 6.40. The molecule has 0 radical (unpaired) electrons. The number of aromatic nitrogens is 2. The monoisotopic (exact) mass is 496 g/mol. The summed E-state index contributed by atoms with van der Waals surface area (Å²) in [6.45, 7) is 2.74. The molecule has 0 bridgehead atoms. The van der Waals surface area contributed by atoms with E-state index in [9.17, 15) is 13.2 Å². The number of thiophene rings is 1. The van der Waals surface area contributed by atoms with Crippen LogP contribution in [-0.4, -0.2) is 48.1 Å². The number of hydrogen-bond acceptors (Lipinski definition) is 6. The van der Waals surface area contributed by atoms with Gasteiger partial charge in [-0.25, -0.2) is 17.8 Å². The van der Waals surface area contributed by atoms with Crippen LogP contribution in [0.2, 0.25) is 0 Å². The van der Waals surface area contributed by atoms with Gasteiger partial charge in [0.2, 0.25) is 10.0 Å². The number of rotatable bonds is 6. The minimum Gasteiger partial charge on any atom is -0.460 e. The van der Waals surface area contributed by atoms with E-state index in [0.29, 0.717) is 47.2 Å². The van der Waals surface area contributed by atoms with Crippen LogP contribution in [0.15, 0.2) is 74.8 Å². The number of piperidine rings is 1. The molecule has 4 aromatic rings. The molecule has 1 fully saturated rings. The van der Waals surface area contributed by atoms with Crippen molar-refractivity contribution in [1.82, 2.24) is 19.4 Å². The lowest BCUT2D eigenvalue weighted by Gasteiger charge is -2.32. The molecule has 1 aliphatic heterocycles. The van der Waals surface area contributed by atoms with Crippen LogP contribution in [-0.2, 0) is 10.0 Å². The van der Waals surface area contributed by atoms with Crippen LogP contribution >= 0.6 is 11.3 Å². The molecule has 34 heavy (non-hydrogen) atoms. The average Bonchev–Trinajstić information content (AvgIpc) is 3.60. The van der Waals surface area contributed by atoms with Crippen molar-refractivity contribution in [2.45, 2.75) is 30.0 Å². The molecule has 1 saturated heterocycles. The molecule has 1 aromatic carbocycles. The number of furan rings is 1. The average molecular weight is 497 g/mol. The second kappa shape index (κ2) is 9.21. The third kappa shape index (κ3) is 4.56. The molecular weight excluding hydrogens is 472 g/mol. The number of carbonyl (C=O) groups is 1. The van der Waals surface area contributed by atoms with Gasteiger partial charge in [-0.3, -0.25) is 4.79 Å². The number of nitrogens with one attached hydrogen (secondary N) is 1. The van der Waals surface area contributed by atoms with Crippen LogP contribution in [0.4, 0.5) is 0 Å². The van der Waals surface area contributed by atoms with Gasteiger partial charge in [0, 0.05) is 25.3 Å². The third-order valence-electron chi connectivity index (χ3n) is 5.80. The number of nitrogens with zero attached hydrogens (tertiary/aromatic N) is 3. The number of sulfonamides is 1. The Morgan fingerprint density at radius 2 is 1.85 bits per heavy atom. The fourth-order valence-corrected chi connectivity index (χ4v) is 6.37. The summed E-state index contributed by atoms with van der Waals surface area (Å²) >= 11 is 1.19. The van der Waals surface area contributed by atoms with Crippen LogP contribution in [0, 0.1) is 6.92 Å². The second-order valence-electron chi connectivity index (χ2n) is 8.20. The second-order valence-corrected chi connectivity index (χ2v) is 11.1. The normalized spacial score (nSPS) is 15.0. The van der Waals surface area contributed by atoms with Crippen molar-refractivity contribution in [1.29, 1.82) is 0 Å². The Kier molecular flexibility index (Phi) is 6.11. The van der Waals surface area contributed by atoms with E-state index in [1.165, 1.54) is 11.3 Å². The Hall–Kier alpha value is -3.21. The molecule has 3 aromatic heterocycles. The van der Waals surface area contributed by atoms with E-state index in [1.54, 1.807) is 33.3 Å². The van der Waals surface area contributed by atoms with Gasteiger partial charge in [-0.1, -0.05) is 24.3 Å². The first-order valence-corrected chi connectivity index (χ1v) is 13.3. The van der Waals surface area contributed by atoms with Gasteiger partial charge in [-0.2, -0.15) is 5.10 Å². The molecule has 1 amide bonds. The van der Waals surface area contributed by atoms with Crippen LogP contribution in [0.5, 0.6) is 0 Å². The fourth-order valence-electron chi connectivity index (χ4n) is 4.05. The number of hydrogen-bond donors (Lipinski definition) is 1. The molecule has 5 rings (SSSR count). The molecule has 0 atom stereocenters. The van der Waals surface area contributed by atoms with Crippen molar-refractivity contribution >= 4 is 27.3 Å². The van der Waals surface area contributed by atoms with E-state index < -0.39 is 10.0 Å². The summed E-state index contributed by atoms with van der Waals surface area (Å²) in [4.78, 5) is 15.3. The van der Waals surface area contributed by atoms with Crippen molar-refractivity contribution in [2.24, 2.45) is 0 Å². The van der Waals surface area contributed by atoms with Crippen LogP contribution < -0.4 is 4.72 Å². The molecule has 0 unspecified atom stereocenters. The summed E-state index contributed by atoms with van der Waals surface area (Å²) in [5.41, 5.74) is 1.78. The smallest absolute Gasteiger partial charge is 0.257 e. The Morgan fingerprint density at radius 3 is 2.50 bits per heavy atom. The first-order valence-electron chi connectivity index (χ1n) is 11.0. The number of aryl methyl sites for hydroxylation is 1. The number of amides is 1. The maximum Gasteiger partial charge on any atom is 0.257 e. The third-order valence-corrected chi connectivity index (χ3v) is 8.72. The summed E-state index contributed by atoms with van der Waals surface area (Å²) in [6.07, 6.45) is 2.81. The summed E-state index contributed by atoms with van der Waals surface area (Å²) in [6, 6.07) is 16.3. The lowest BCUT2D eigenvalue weighted by Crippen LogP contribution is -2.46. The highest BCUT2D eigenvalue weighted by atomic mass is 32.2. The van der Waals surface area contributed by atoms with E-state index in [0.717, 1.165) is 11.4 Å². The van der Waals surface area contributed by atoms with Gasteiger partial charge in [0.05, 0.1) is 11.3 Å². The van der Waals surface area contributed by atoms with E-state index in [1.807, 2.05) is 49.4 Å². The molecule has 8 nitrogen and oxygen atoms in total. The predicted molar refractivity (Wildman–Crippen MR) is 130 cm³/mol. The van der Waals surface area contributed by atoms with Crippen molar-refractivity contribution in [3.05, 3.63) is 77.5 Å². The maximum absolute atomic E-state index is 13.5. The lowest BCUT2D eigenvalue weighted by molar-refractivity contribution is 0.0712. The number of para-hydroxylation sites is 1. The molecule has 176 valence electrons. The highest BCUT2D eigenvalue weighted by Gasteiger charge is 2.30. The molecule has 0 spiro atoms. The van der Waals surface area contributed by atoms with Gasteiger partial charge < -0.3 is 9.32 Å². The summed E-state index contributed by atoms with van der Waals surface area (Å²) < 4.78 is 35.6. The lowest BCUT2D eigenvalue weighted by atomic mass is 10.0. The molecule has 0 aliphatic carbocycles. The zero-order valence-corrected chi connectivity index (χ0v) is 20.2. The quantitative estimate of drug-likeness (QED) is 0.434. The Morgan fingerprint density at radius 1 is 1.09 bits per heavy atom. The molecule has 1 aliphatic rings. The van der Waals surface area contributed by atoms with Crippen LogP contribution in [0.1, 0.15) is 29.0 Å². The van der Waals surface area contributed by atoms with E-state index in [-0.39, 0.29) is 11.9 Å². The van der Waals surface area contributed by atoms with Crippen molar-refractivity contribution in [2.75, 3.05) is 13.1 Å². The van der Waals surface area contributed by atoms with Crippen molar-refractivity contribution in [3.8, 4) is 17.1 Å². The van der Waals surface area contributed by atoms with Gasteiger partial charge in [0.15, 0.2) is 5.76 Å².